The second kappa shape index (κ2) is 6.76. The molecular formula is C22H19FN4. The summed E-state index contributed by atoms with van der Waals surface area (Å²) in [6, 6.07) is 16.2. The molecule has 0 fully saturated rings. The predicted octanol–water partition coefficient (Wildman–Crippen LogP) is 6.48. The monoisotopic (exact) mass is 358 g/mol. The van der Waals surface area contributed by atoms with Crippen molar-refractivity contribution in [3.05, 3.63) is 83.3 Å². The molecular weight excluding hydrogens is 339 g/mol. The van der Waals surface area contributed by atoms with Gasteiger partial charge in [-0.3, -0.25) is 4.40 Å². The number of pyridine rings is 1. The first kappa shape index (κ1) is 17.1. The Morgan fingerprint density at radius 3 is 2.44 bits per heavy atom. The molecule has 0 unspecified atom stereocenters. The maximum Gasteiger partial charge on any atom is 0.187 e. The minimum Gasteiger partial charge on any atom is -0.282 e. The van der Waals surface area contributed by atoms with E-state index in [9.17, 15) is 4.39 Å². The van der Waals surface area contributed by atoms with Gasteiger partial charge in [0, 0.05) is 11.8 Å². The van der Waals surface area contributed by atoms with Crippen LogP contribution in [0.2, 0.25) is 0 Å². The van der Waals surface area contributed by atoms with Crippen LogP contribution in [0.25, 0.3) is 16.9 Å². The molecule has 0 radical (unpaired) electrons. The van der Waals surface area contributed by atoms with Gasteiger partial charge in [-0.2, -0.15) is 0 Å². The summed E-state index contributed by atoms with van der Waals surface area (Å²) in [4.78, 5) is 4.69. The highest BCUT2D eigenvalue weighted by Gasteiger charge is 2.14. The maximum absolute atomic E-state index is 13.3. The van der Waals surface area contributed by atoms with Crippen molar-refractivity contribution < 1.29 is 4.39 Å². The van der Waals surface area contributed by atoms with Crippen molar-refractivity contribution in [1.29, 1.82) is 0 Å². The average Bonchev–Trinajstić information content (AvgIpc) is 3.01. The molecule has 4 nitrogen and oxygen atoms in total. The van der Waals surface area contributed by atoms with E-state index in [1.807, 2.05) is 48.7 Å². The molecule has 2 aromatic carbocycles. The quantitative estimate of drug-likeness (QED) is 0.386. The van der Waals surface area contributed by atoms with Crippen molar-refractivity contribution in [3.8, 4) is 11.3 Å². The molecule has 0 saturated carbocycles. The maximum atomic E-state index is 13.3. The van der Waals surface area contributed by atoms with Gasteiger partial charge in [-0.25, -0.2) is 9.37 Å². The number of halogens is 1. The molecule has 0 aliphatic carbocycles. The molecule has 0 spiro atoms. The van der Waals surface area contributed by atoms with Crippen molar-refractivity contribution in [2.45, 2.75) is 20.8 Å². The van der Waals surface area contributed by atoms with Crippen LogP contribution in [0.4, 0.5) is 15.9 Å². The highest BCUT2D eigenvalue weighted by molar-refractivity contribution is 5.74. The van der Waals surface area contributed by atoms with Crippen LogP contribution in [0.1, 0.15) is 16.7 Å². The van der Waals surface area contributed by atoms with E-state index in [0.717, 1.165) is 28.0 Å². The Morgan fingerprint density at radius 2 is 1.67 bits per heavy atom. The summed E-state index contributed by atoms with van der Waals surface area (Å²) in [5.74, 6) is 0.345. The SMILES string of the molecule is Cc1ccc2nc(-c3ccc(F)cc3)c(N=Nc3cccc(C)c3C)n2c1. The predicted molar refractivity (Wildman–Crippen MR) is 105 cm³/mol. The van der Waals surface area contributed by atoms with Crippen LogP contribution in [0.5, 0.6) is 0 Å². The topological polar surface area (TPSA) is 42.0 Å². The fraction of sp³-hybridized carbons (Fsp3) is 0.136. The molecule has 5 heteroatoms. The smallest absolute Gasteiger partial charge is 0.187 e. The van der Waals surface area contributed by atoms with E-state index in [4.69, 9.17) is 4.98 Å². The number of aromatic nitrogens is 2. The molecule has 0 aliphatic heterocycles. The number of hydrogen-bond acceptors (Lipinski definition) is 3. The number of azo groups is 1. The normalized spacial score (nSPS) is 11.6. The van der Waals surface area contributed by atoms with Gasteiger partial charge in [0.2, 0.25) is 0 Å². The third kappa shape index (κ3) is 3.24. The van der Waals surface area contributed by atoms with Gasteiger partial charge in [-0.1, -0.05) is 18.2 Å². The first-order valence-electron chi connectivity index (χ1n) is 8.75. The number of fused-ring (bicyclic) bond motifs is 1. The van der Waals surface area contributed by atoms with Gasteiger partial charge in [0.1, 0.15) is 17.2 Å². The van der Waals surface area contributed by atoms with E-state index in [2.05, 4.69) is 23.2 Å². The lowest BCUT2D eigenvalue weighted by Gasteiger charge is -2.03. The fourth-order valence-corrected chi connectivity index (χ4v) is 2.98. The number of hydrogen-bond donors (Lipinski definition) is 0. The highest BCUT2D eigenvalue weighted by Crippen LogP contribution is 2.33. The molecule has 4 rings (SSSR count). The second-order valence-corrected chi connectivity index (χ2v) is 6.64. The van der Waals surface area contributed by atoms with Crippen LogP contribution >= 0.6 is 0 Å². The summed E-state index contributed by atoms with van der Waals surface area (Å²) in [6.45, 7) is 6.10. The summed E-state index contributed by atoms with van der Waals surface area (Å²) >= 11 is 0. The Labute approximate surface area is 157 Å². The van der Waals surface area contributed by atoms with E-state index in [1.54, 1.807) is 12.1 Å². The van der Waals surface area contributed by atoms with Crippen molar-refractivity contribution in [2.75, 3.05) is 0 Å². The molecule has 2 aromatic heterocycles. The zero-order valence-electron chi connectivity index (χ0n) is 15.4. The lowest BCUT2D eigenvalue weighted by atomic mass is 10.1. The molecule has 0 N–H and O–H groups in total. The van der Waals surface area contributed by atoms with Gasteiger partial charge < -0.3 is 0 Å². The Kier molecular flexibility index (Phi) is 4.28. The minimum absolute atomic E-state index is 0.281. The van der Waals surface area contributed by atoms with Crippen LogP contribution in [-0.4, -0.2) is 9.38 Å². The van der Waals surface area contributed by atoms with Crippen LogP contribution in [0.15, 0.2) is 71.0 Å². The number of benzene rings is 2. The molecule has 134 valence electrons. The van der Waals surface area contributed by atoms with Crippen LogP contribution in [0.3, 0.4) is 0 Å². The van der Waals surface area contributed by atoms with Gasteiger partial charge in [0.25, 0.3) is 0 Å². The van der Waals surface area contributed by atoms with Gasteiger partial charge >= 0.3 is 0 Å². The largest absolute Gasteiger partial charge is 0.282 e. The van der Waals surface area contributed by atoms with Crippen molar-refractivity contribution in [1.82, 2.24) is 9.38 Å². The number of aryl methyl sites for hydroxylation is 2. The number of nitrogens with zero attached hydrogens (tertiary/aromatic N) is 4. The Bertz CT molecular complexity index is 1160. The Hall–Kier alpha value is -3.34. The second-order valence-electron chi connectivity index (χ2n) is 6.64. The molecule has 2 heterocycles. The summed E-state index contributed by atoms with van der Waals surface area (Å²) in [7, 11) is 0. The van der Waals surface area contributed by atoms with E-state index in [-0.39, 0.29) is 5.82 Å². The van der Waals surface area contributed by atoms with Crippen molar-refractivity contribution in [3.63, 3.8) is 0 Å². The zero-order valence-corrected chi connectivity index (χ0v) is 15.4. The van der Waals surface area contributed by atoms with Gasteiger partial charge in [-0.05, 0) is 73.9 Å². The molecule has 4 aromatic rings. The summed E-state index contributed by atoms with van der Waals surface area (Å²) in [5, 5.41) is 9.02. The summed E-state index contributed by atoms with van der Waals surface area (Å²) in [6.07, 6.45) is 1.98. The van der Waals surface area contributed by atoms with E-state index >= 15 is 0 Å². The average molecular weight is 358 g/mol. The van der Waals surface area contributed by atoms with Gasteiger partial charge in [0.15, 0.2) is 5.82 Å². The first-order chi connectivity index (χ1) is 13.0. The number of rotatable bonds is 3. The van der Waals surface area contributed by atoms with E-state index in [0.29, 0.717) is 11.5 Å². The summed E-state index contributed by atoms with van der Waals surface area (Å²) in [5.41, 5.74) is 6.42. The lowest BCUT2D eigenvalue weighted by Crippen LogP contribution is -1.85. The van der Waals surface area contributed by atoms with Crippen LogP contribution < -0.4 is 0 Å². The van der Waals surface area contributed by atoms with Crippen LogP contribution in [0, 0.1) is 26.6 Å². The summed E-state index contributed by atoms with van der Waals surface area (Å²) < 4.78 is 15.3. The van der Waals surface area contributed by atoms with Crippen LogP contribution in [-0.2, 0) is 0 Å². The number of imidazole rings is 1. The van der Waals surface area contributed by atoms with Gasteiger partial charge in [-0.15, -0.1) is 10.2 Å². The lowest BCUT2D eigenvalue weighted by molar-refractivity contribution is 0.628. The minimum atomic E-state index is -0.281. The van der Waals surface area contributed by atoms with Crippen molar-refractivity contribution in [2.24, 2.45) is 10.2 Å². The third-order valence-electron chi connectivity index (χ3n) is 4.69. The highest BCUT2D eigenvalue weighted by atomic mass is 19.1. The standard InChI is InChI=1S/C22H19FN4/c1-14-7-12-20-24-21(17-8-10-18(23)11-9-17)22(27(20)13-14)26-25-19-6-4-5-15(2)16(19)3/h4-13H,1-3H3. The molecule has 27 heavy (non-hydrogen) atoms. The molecule has 0 saturated heterocycles. The van der Waals surface area contributed by atoms with Gasteiger partial charge in [0.05, 0.1) is 5.69 Å². The Balaban J connectivity index is 1.90. The van der Waals surface area contributed by atoms with Crippen molar-refractivity contribution >= 4 is 17.2 Å². The molecule has 0 amide bonds. The third-order valence-corrected chi connectivity index (χ3v) is 4.69. The first-order valence-corrected chi connectivity index (χ1v) is 8.75. The molecule has 0 aliphatic rings. The fourth-order valence-electron chi connectivity index (χ4n) is 2.98. The molecule has 0 bridgehead atoms. The Morgan fingerprint density at radius 1 is 0.889 bits per heavy atom. The molecule has 0 atom stereocenters. The zero-order chi connectivity index (χ0) is 19.0. The van der Waals surface area contributed by atoms with E-state index in [1.165, 1.54) is 17.7 Å². The van der Waals surface area contributed by atoms with E-state index < -0.39 is 0 Å².